The molecule has 0 aromatic heterocycles. The van der Waals surface area contributed by atoms with Crippen LogP contribution in [0.25, 0.3) is 0 Å². The summed E-state index contributed by atoms with van der Waals surface area (Å²) in [7, 11) is -3.61. The van der Waals surface area contributed by atoms with Crippen molar-refractivity contribution in [1.29, 1.82) is 0 Å². The van der Waals surface area contributed by atoms with E-state index in [2.05, 4.69) is 4.72 Å². The van der Waals surface area contributed by atoms with Crippen molar-refractivity contribution in [2.75, 3.05) is 0 Å². The van der Waals surface area contributed by atoms with Gasteiger partial charge in [0, 0.05) is 6.04 Å². The first-order chi connectivity index (χ1) is 7.33. The first-order valence-corrected chi connectivity index (χ1v) is 7.15. The Morgan fingerprint density at radius 2 is 1.94 bits per heavy atom. The van der Waals surface area contributed by atoms with E-state index >= 15 is 0 Å². The molecule has 2 N–H and O–H groups in total. The fourth-order valence-corrected chi connectivity index (χ4v) is 2.92. The molecule has 0 heterocycles. The Morgan fingerprint density at radius 3 is 2.41 bits per heavy atom. The van der Waals surface area contributed by atoms with Crippen molar-refractivity contribution in [1.82, 2.24) is 4.72 Å². The summed E-state index contributed by atoms with van der Waals surface area (Å²) in [5.41, 5.74) is 0. The topological polar surface area (TPSA) is 83.5 Å². The molecule has 5 nitrogen and oxygen atoms in total. The maximum atomic E-state index is 11.7. The predicted molar refractivity (Wildman–Crippen MR) is 68.1 cm³/mol. The molecular formula is C9H14NNaO4S2. The SMILES string of the molecule is CC(C)NS(=O)(=O)c1cccc(S(=O)O)c1.[NaH]. The molecule has 1 aromatic rings. The van der Waals surface area contributed by atoms with E-state index in [0.29, 0.717) is 0 Å². The van der Waals surface area contributed by atoms with Gasteiger partial charge in [0.25, 0.3) is 0 Å². The zero-order chi connectivity index (χ0) is 12.3. The van der Waals surface area contributed by atoms with Crippen molar-refractivity contribution in [2.24, 2.45) is 0 Å². The molecule has 1 atom stereocenters. The summed E-state index contributed by atoms with van der Waals surface area (Å²) < 4.78 is 45.5. The Labute approximate surface area is 126 Å². The molecule has 17 heavy (non-hydrogen) atoms. The van der Waals surface area contributed by atoms with Crippen LogP contribution in [0.15, 0.2) is 34.1 Å². The Balaban J connectivity index is 0.00000256. The summed E-state index contributed by atoms with van der Waals surface area (Å²) >= 11 is -2.18. The van der Waals surface area contributed by atoms with Crippen LogP contribution < -0.4 is 4.72 Å². The quantitative estimate of drug-likeness (QED) is 0.616. The van der Waals surface area contributed by atoms with Crippen molar-refractivity contribution in [2.45, 2.75) is 29.7 Å². The minimum atomic E-state index is -3.61. The Morgan fingerprint density at radius 1 is 1.35 bits per heavy atom. The molecule has 1 aromatic carbocycles. The summed E-state index contributed by atoms with van der Waals surface area (Å²) in [5, 5.41) is 0. The van der Waals surface area contributed by atoms with Crippen LogP contribution in [0, 0.1) is 0 Å². The molecule has 0 radical (unpaired) electrons. The minimum absolute atomic E-state index is 0. The molecule has 0 aliphatic rings. The normalized spacial score (nSPS) is 13.2. The molecule has 1 rings (SSSR count). The molecule has 0 fully saturated rings. The molecule has 0 aliphatic carbocycles. The van der Waals surface area contributed by atoms with E-state index in [-0.39, 0.29) is 45.4 Å². The van der Waals surface area contributed by atoms with E-state index in [1.54, 1.807) is 13.8 Å². The molecule has 92 valence electrons. The number of sulfonamides is 1. The molecule has 0 aliphatic heterocycles. The first kappa shape index (κ1) is 17.2. The second-order valence-corrected chi connectivity index (χ2v) is 6.18. The Kier molecular flexibility index (Phi) is 7.08. The number of hydrogen-bond acceptors (Lipinski definition) is 3. The first-order valence-electron chi connectivity index (χ1n) is 4.56. The third kappa shape index (κ3) is 5.17. The van der Waals surface area contributed by atoms with E-state index in [1.807, 2.05) is 0 Å². The van der Waals surface area contributed by atoms with Crippen molar-refractivity contribution in [3.8, 4) is 0 Å². The van der Waals surface area contributed by atoms with Crippen LogP contribution in [-0.4, -0.2) is 52.8 Å². The number of rotatable bonds is 4. The molecule has 8 heteroatoms. The van der Waals surface area contributed by atoms with E-state index in [4.69, 9.17) is 4.55 Å². The fourth-order valence-electron chi connectivity index (χ4n) is 1.13. The molecule has 0 spiro atoms. The van der Waals surface area contributed by atoms with Crippen LogP contribution >= 0.6 is 0 Å². The number of hydrogen-bond donors (Lipinski definition) is 2. The molecule has 1 unspecified atom stereocenters. The van der Waals surface area contributed by atoms with Gasteiger partial charge >= 0.3 is 29.6 Å². The third-order valence-corrected chi connectivity index (χ3v) is 4.02. The fraction of sp³-hybridized carbons (Fsp3) is 0.333. The van der Waals surface area contributed by atoms with Gasteiger partial charge in [-0.2, -0.15) is 0 Å². The van der Waals surface area contributed by atoms with Gasteiger partial charge in [-0.15, -0.1) is 0 Å². The zero-order valence-corrected chi connectivity index (χ0v) is 10.5. The Bertz CT molecular complexity index is 501. The van der Waals surface area contributed by atoms with Crippen LogP contribution in [0.2, 0.25) is 0 Å². The van der Waals surface area contributed by atoms with Crippen LogP contribution in [0.4, 0.5) is 0 Å². The van der Waals surface area contributed by atoms with Crippen LogP contribution in [-0.2, 0) is 21.1 Å². The predicted octanol–water partition coefficient (Wildman–Crippen LogP) is 0.305. The average Bonchev–Trinajstić information content (AvgIpc) is 2.16. The van der Waals surface area contributed by atoms with Gasteiger partial charge in [0.2, 0.25) is 10.0 Å². The van der Waals surface area contributed by atoms with Crippen molar-refractivity contribution < 1.29 is 17.2 Å². The Hall–Kier alpha value is 0.240. The van der Waals surface area contributed by atoms with Gasteiger partial charge in [0.05, 0.1) is 9.79 Å². The summed E-state index contributed by atoms with van der Waals surface area (Å²) in [5.74, 6) is 0. The van der Waals surface area contributed by atoms with E-state index in [0.717, 1.165) is 0 Å². The van der Waals surface area contributed by atoms with Gasteiger partial charge in [0.1, 0.15) is 0 Å². The third-order valence-electron chi connectivity index (χ3n) is 1.71. The molecule has 0 bridgehead atoms. The summed E-state index contributed by atoms with van der Waals surface area (Å²) in [6, 6.07) is 5.15. The van der Waals surface area contributed by atoms with Gasteiger partial charge in [-0.1, -0.05) is 6.07 Å². The van der Waals surface area contributed by atoms with Gasteiger partial charge < -0.3 is 4.55 Å². The van der Waals surface area contributed by atoms with Crippen LogP contribution in [0.3, 0.4) is 0 Å². The molecule has 0 saturated carbocycles. The summed E-state index contributed by atoms with van der Waals surface area (Å²) in [6.45, 7) is 3.40. The van der Waals surface area contributed by atoms with Crippen LogP contribution in [0.5, 0.6) is 0 Å². The molecular weight excluding hydrogens is 273 g/mol. The van der Waals surface area contributed by atoms with Gasteiger partial charge in [-0.3, -0.25) is 0 Å². The van der Waals surface area contributed by atoms with Crippen molar-refractivity contribution in [3.63, 3.8) is 0 Å². The number of benzene rings is 1. The average molecular weight is 287 g/mol. The van der Waals surface area contributed by atoms with E-state index in [1.165, 1.54) is 24.3 Å². The van der Waals surface area contributed by atoms with Gasteiger partial charge in [-0.25, -0.2) is 17.3 Å². The van der Waals surface area contributed by atoms with E-state index in [9.17, 15) is 12.6 Å². The maximum absolute atomic E-state index is 11.7. The zero-order valence-electron chi connectivity index (χ0n) is 8.88. The second kappa shape index (κ2) is 6.98. The van der Waals surface area contributed by atoms with E-state index < -0.39 is 21.1 Å². The standard InChI is InChI=1S/C9H13NO4S2.Na.H/c1-7(2)10-16(13,14)9-5-3-4-8(6-9)15(11)12;;/h3-7,10H,1-2H3,(H,11,12);;. The number of nitrogens with one attached hydrogen (secondary N) is 1. The van der Waals surface area contributed by atoms with Crippen molar-refractivity contribution in [3.05, 3.63) is 24.3 Å². The van der Waals surface area contributed by atoms with Crippen molar-refractivity contribution >= 4 is 50.7 Å². The van der Waals surface area contributed by atoms with Gasteiger partial charge in [0.15, 0.2) is 11.1 Å². The summed E-state index contributed by atoms with van der Waals surface area (Å²) in [4.78, 5) is 0.0488. The monoisotopic (exact) mass is 287 g/mol. The summed E-state index contributed by atoms with van der Waals surface area (Å²) in [6.07, 6.45) is 0. The molecule has 0 saturated heterocycles. The second-order valence-electron chi connectivity index (χ2n) is 3.50. The van der Waals surface area contributed by atoms with Gasteiger partial charge in [-0.05, 0) is 32.0 Å². The van der Waals surface area contributed by atoms with Crippen LogP contribution in [0.1, 0.15) is 13.8 Å². The molecule has 0 amide bonds.